The van der Waals surface area contributed by atoms with Crippen LogP contribution in [0, 0.1) is 0 Å². The van der Waals surface area contributed by atoms with Crippen LogP contribution in [-0.2, 0) is 16.0 Å². The lowest BCUT2D eigenvalue weighted by Gasteiger charge is -2.08. The summed E-state index contributed by atoms with van der Waals surface area (Å²) in [6.45, 7) is 2.09. The lowest BCUT2D eigenvalue weighted by molar-refractivity contribution is 0.202. The van der Waals surface area contributed by atoms with Crippen LogP contribution < -0.4 is 10.7 Å². The van der Waals surface area contributed by atoms with Gasteiger partial charge in [-0.15, -0.1) is 0 Å². The molecule has 2 rings (SSSR count). The van der Waals surface area contributed by atoms with Crippen molar-refractivity contribution in [3.05, 3.63) is 28.8 Å². The molecule has 0 aliphatic carbocycles. The second kappa shape index (κ2) is 4.99. The van der Waals surface area contributed by atoms with Crippen molar-refractivity contribution in [3.8, 4) is 0 Å². The topological polar surface area (TPSA) is 30.5 Å². The Balaban J connectivity index is 2.02. The van der Waals surface area contributed by atoms with Crippen molar-refractivity contribution >= 4 is 24.1 Å². The summed E-state index contributed by atoms with van der Waals surface area (Å²) < 4.78 is 10.6. The molecule has 1 heterocycles. The maximum atomic E-state index is 5.90. The van der Waals surface area contributed by atoms with Gasteiger partial charge in [0.1, 0.15) is 0 Å². The third-order valence-corrected chi connectivity index (χ3v) is 2.66. The Labute approximate surface area is 94.8 Å². The molecule has 0 amide bonds. The fraction of sp³-hybridized carbons (Fsp3) is 0.400. The van der Waals surface area contributed by atoms with Crippen molar-refractivity contribution in [2.24, 2.45) is 0 Å². The molecule has 1 aliphatic rings. The zero-order valence-corrected chi connectivity index (χ0v) is 9.38. The van der Waals surface area contributed by atoms with E-state index in [4.69, 9.17) is 21.0 Å². The number of hydrogen-bond donors (Lipinski definition) is 1. The number of hydrogen-bond acceptors (Lipinski definition) is 3. The molecule has 1 aromatic carbocycles. The Bertz CT molecular complexity index is 348. The van der Waals surface area contributed by atoms with E-state index in [1.54, 1.807) is 7.11 Å². The van der Waals surface area contributed by atoms with Gasteiger partial charge in [-0.25, -0.2) is 0 Å². The molecule has 0 atom stereocenters. The van der Waals surface area contributed by atoms with E-state index < -0.39 is 0 Å². The van der Waals surface area contributed by atoms with Crippen LogP contribution in [0.3, 0.4) is 0 Å². The van der Waals surface area contributed by atoms with E-state index in [1.807, 2.05) is 18.2 Å². The highest BCUT2D eigenvalue weighted by Gasteiger charge is 2.28. The van der Waals surface area contributed by atoms with Crippen LogP contribution in [0.5, 0.6) is 0 Å². The molecule has 15 heavy (non-hydrogen) atoms. The molecule has 0 spiro atoms. The van der Waals surface area contributed by atoms with Gasteiger partial charge in [0, 0.05) is 18.7 Å². The van der Waals surface area contributed by atoms with Gasteiger partial charge in [-0.3, -0.25) is 0 Å². The molecule has 5 heteroatoms. The fourth-order valence-electron chi connectivity index (χ4n) is 1.68. The monoisotopic (exact) mass is 225 g/mol. The summed E-state index contributed by atoms with van der Waals surface area (Å²) in [5.41, 5.74) is 2.34. The molecule has 1 aliphatic heterocycles. The van der Waals surface area contributed by atoms with Gasteiger partial charge < -0.3 is 14.6 Å². The van der Waals surface area contributed by atoms with Crippen LogP contribution in [-0.4, -0.2) is 27.3 Å². The van der Waals surface area contributed by atoms with Gasteiger partial charge >= 0.3 is 7.05 Å². The number of rotatable bonds is 4. The Morgan fingerprint density at radius 3 is 3.27 bits per heavy atom. The maximum Gasteiger partial charge on any atom is 0.416 e. The minimum Gasteiger partial charge on any atom is -0.413 e. The van der Waals surface area contributed by atoms with Gasteiger partial charge in [0.15, 0.2) is 0 Å². The Morgan fingerprint density at radius 1 is 1.60 bits per heavy atom. The van der Waals surface area contributed by atoms with Crippen LogP contribution in [0.1, 0.15) is 5.56 Å². The zero-order valence-electron chi connectivity index (χ0n) is 8.63. The summed E-state index contributed by atoms with van der Waals surface area (Å²) >= 11 is 5.90. The van der Waals surface area contributed by atoms with Crippen molar-refractivity contribution in [2.75, 3.05) is 20.3 Å². The van der Waals surface area contributed by atoms with Crippen molar-refractivity contribution in [1.29, 1.82) is 0 Å². The highest BCUT2D eigenvalue weighted by atomic mass is 35.5. The van der Waals surface area contributed by atoms with E-state index in [2.05, 4.69) is 5.23 Å². The average molecular weight is 225 g/mol. The highest BCUT2D eigenvalue weighted by molar-refractivity contribution is 6.66. The second-order valence-electron chi connectivity index (χ2n) is 3.48. The lowest BCUT2D eigenvalue weighted by Crippen LogP contribution is -2.45. The minimum absolute atomic E-state index is 0.0209. The van der Waals surface area contributed by atoms with Crippen LogP contribution in [0.4, 0.5) is 0 Å². The number of nitrogens with one attached hydrogen (secondary N) is 1. The SMILES string of the molecule is COCCNB1OCc2cc(Cl)ccc21. The third kappa shape index (κ3) is 2.52. The molecule has 0 unspecified atom stereocenters. The van der Waals surface area contributed by atoms with E-state index in [0.29, 0.717) is 13.2 Å². The van der Waals surface area contributed by atoms with Crippen molar-refractivity contribution in [1.82, 2.24) is 5.23 Å². The van der Waals surface area contributed by atoms with Gasteiger partial charge in [0.05, 0.1) is 13.2 Å². The molecular weight excluding hydrogens is 212 g/mol. The van der Waals surface area contributed by atoms with E-state index in [9.17, 15) is 0 Å². The smallest absolute Gasteiger partial charge is 0.413 e. The standard InChI is InChI=1S/C10H13BClNO2/c1-14-5-4-13-11-10-3-2-9(12)6-8(10)7-15-11/h2-3,6,13H,4-5,7H2,1H3. The van der Waals surface area contributed by atoms with Gasteiger partial charge in [0.25, 0.3) is 0 Å². The van der Waals surface area contributed by atoms with Crippen LogP contribution in [0.25, 0.3) is 0 Å². The molecule has 0 bridgehead atoms. The fourth-order valence-corrected chi connectivity index (χ4v) is 1.87. The summed E-state index contributed by atoms with van der Waals surface area (Å²) in [6.07, 6.45) is 0. The Morgan fingerprint density at radius 2 is 2.47 bits per heavy atom. The minimum atomic E-state index is -0.0209. The van der Waals surface area contributed by atoms with Gasteiger partial charge in [0.2, 0.25) is 0 Å². The highest BCUT2D eigenvalue weighted by Crippen LogP contribution is 2.15. The maximum absolute atomic E-state index is 5.90. The normalized spacial score (nSPS) is 14.4. The number of benzene rings is 1. The number of ether oxygens (including phenoxy) is 1. The van der Waals surface area contributed by atoms with Gasteiger partial charge in [-0.2, -0.15) is 0 Å². The first-order chi connectivity index (χ1) is 7.31. The summed E-state index contributed by atoms with van der Waals surface area (Å²) in [4.78, 5) is 0. The summed E-state index contributed by atoms with van der Waals surface area (Å²) in [5.74, 6) is 0. The largest absolute Gasteiger partial charge is 0.416 e. The molecule has 0 aromatic heterocycles. The van der Waals surface area contributed by atoms with Crippen LogP contribution in [0.2, 0.25) is 5.02 Å². The number of halogens is 1. The number of methoxy groups -OCH3 is 1. The van der Waals surface area contributed by atoms with E-state index in [1.165, 1.54) is 5.46 Å². The molecule has 0 fully saturated rings. The first-order valence-corrected chi connectivity index (χ1v) is 5.31. The quantitative estimate of drug-likeness (QED) is 0.607. The molecule has 3 nitrogen and oxygen atoms in total. The number of fused-ring (bicyclic) bond motifs is 1. The average Bonchev–Trinajstić information content (AvgIpc) is 2.61. The Hall–Kier alpha value is -0.545. The predicted molar refractivity (Wildman–Crippen MR) is 61.5 cm³/mol. The van der Waals surface area contributed by atoms with Crippen molar-refractivity contribution in [3.63, 3.8) is 0 Å². The van der Waals surface area contributed by atoms with Gasteiger partial charge in [-0.1, -0.05) is 17.7 Å². The summed E-state index contributed by atoms with van der Waals surface area (Å²) in [6, 6.07) is 5.85. The zero-order chi connectivity index (χ0) is 10.7. The molecule has 1 aromatic rings. The molecular formula is C10H13BClNO2. The van der Waals surface area contributed by atoms with Crippen LogP contribution >= 0.6 is 11.6 Å². The lowest BCUT2D eigenvalue weighted by atomic mass is 9.74. The predicted octanol–water partition coefficient (Wildman–Crippen LogP) is 0.801. The first kappa shape index (κ1) is 11.0. The summed E-state index contributed by atoms with van der Waals surface area (Å²) in [5, 5.41) is 4.03. The molecule has 0 radical (unpaired) electrons. The Kier molecular flexibility index (Phi) is 3.64. The molecule has 0 saturated carbocycles. The van der Waals surface area contributed by atoms with E-state index in [-0.39, 0.29) is 7.05 Å². The first-order valence-electron chi connectivity index (χ1n) is 4.93. The van der Waals surface area contributed by atoms with Crippen molar-refractivity contribution < 1.29 is 9.39 Å². The van der Waals surface area contributed by atoms with Crippen molar-refractivity contribution in [2.45, 2.75) is 6.61 Å². The molecule has 80 valence electrons. The van der Waals surface area contributed by atoms with Gasteiger partial charge in [-0.05, 0) is 23.2 Å². The van der Waals surface area contributed by atoms with E-state index in [0.717, 1.165) is 17.1 Å². The van der Waals surface area contributed by atoms with E-state index >= 15 is 0 Å². The second-order valence-corrected chi connectivity index (χ2v) is 3.92. The summed E-state index contributed by atoms with van der Waals surface area (Å²) in [7, 11) is 1.66. The van der Waals surface area contributed by atoms with Crippen LogP contribution in [0.15, 0.2) is 18.2 Å². The molecule has 0 saturated heterocycles. The third-order valence-electron chi connectivity index (χ3n) is 2.43. The molecule has 1 N–H and O–H groups in total.